The van der Waals surface area contributed by atoms with Gasteiger partial charge in [-0.05, 0) is 75.6 Å². The fourth-order valence-electron chi connectivity index (χ4n) is 5.33. The molecule has 1 aliphatic rings. The van der Waals surface area contributed by atoms with Crippen molar-refractivity contribution < 1.29 is 32.6 Å². The lowest BCUT2D eigenvalue weighted by Crippen LogP contribution is -2.48. The van der Waals surface area contributed by atoms with Crippen molar-refractivity contribution in [1.82, 2.24) is 14.8 Å². The van der Waals surface area contributed by atoms with Crippen molar-refractivity contribution in [1.29, 1.82) is 0 Å². The standard InChI is InChI=1S/C34H44N4O7S/c1-24-21-38(25(2)23-39)34(41)30-20-28(36-46(42,43)29-11-6-5-7-12-29)13-14-31(30)45-26(3)10-8-9-19-44-32(24)22-37(4)33(40)27-15-17-35-18-16-27/h5-7,11-18,20,24-26,32,36,39H,8-10,19,21-23H2,1-4H3/t24-,25+,26-,32-/m1/s1. The van der Waals surface area contributed by atoms with Gasteiger partial charge >= 0.3 is 0 Å². The molecule has 0 aliphatic carbocycles. The van der Waals surface area contributed by atoms with Gasteiger partial charge in [-0.1, -0.05) is 25.1 Å². The molecular weight excluding hydrogens is 608 g/mol. The number of aromatic nitrogens is 1. The molecule has 2 N–H and O–H groups in total. The highest BCUT2D eigenvalue weighted by atomic mass is 32.2. The second-order valence-corrected chi connectivity index (χ2v) is 13.5. The summed E-state index contributed by atoms with van der Waals surface area (Å²) < 4.78 is 41.3. The molecule has 0 unspecified atom stereocenters. The van der Waals surface area contributed by atoms with Crippen LogP contribution < -0.4 is 9.46 Å². The van der Waals surface area contributed by atoms with E-state index < -0.39 is 28.1 Å². The van der Waals surface area contributed by atoms with E-state index >= 15 is 0 Å². The molecule has 0 saturated heterocycles. The number of likely N-dealkylation sites (N-methyl/N-ethyl adjacent to an activating group) is 1. The van der Waals surface area contributed by atoms with Gasteiger partial charge in [0.1, 0.15) is 5.75 Å². The first kappa shape index (κ1) is 34.9. The van der Waals surface area contributed by atoms with E-state index in [0.29, 0.717) is 30.9 Å². The first-order valence-electron chi connectivity index (χ1n) is 15.6. The van der Waals surface area contributed by atoms with Gasteiger partial charge in [-0.25, -0.2) is 8.42 Å². The van der Waals surface area contributed by atoms with Crippen LogP contribution in [0.3, 0.4) is 0 Å². The molecule has 4 rings (SSSR count). The van der Waals surface area contributed by atoms with Crippen molar-refractivity contribution >= 4 is 27.5 Å². The lowest BCUT2D eigenvalue weighted by atomic mass is 10.0. The summed E-state index contributed by atoms with van der Waals surface area (Å²) in [5, 5.41) is 10.2. The number of anilines is 1. The third-order valence-electron chi connectivity index (χ3n) is 8.09. The zero-order chi connectivity index (χ0) is 33.3. The molecule has 1 aromatic heterocycles. The van der Waals surface area contributed by atoms with Crippen LogP contribution >= 0.6 is 0 Å². The molecule has 12 heteroatoms. The Hall–Kier alpha value is -4.00. The summed E-state index contributed by atoms with van der Waals surface area (Å²) in [6.45, 7) is 6.30. The van der Waals surface area contributed by atoms with Gasteiger partial charge in [0, 0.05) is 56.3 Å². The number of sulfonamides is 1. The zero-order valence-corrected chi connectivity index (χ0v) is 27.7. The van der Waals surface area contributed by atoms with Crippen molar-refractivity contribution in [2.24, 2.45) is 5.92 Å². The number of nitrogens with one attached hydrogen (secondary N) is 1. The summed E-state index contributed by atoms with van der Waals surface area (Å²) in [6.07, 6.45) is 4.81. The van der Waals surface area contributed by atoms with Gasteiger partial charge in [-0.2, -0.15) is 0 Å². The molecule has 2 amide bonds. The SMILES string of the molecule is C[C@@H]1CCCCO[C@H](CN(C)C(=O)c2ccncc2)[C@H](C)CN([C@@H](C)CO)C(=O)c2cc(NS(=O)(=O)c3ccccc3)ccc2O1. The molecule has 4 atom stereocenters. The van der Waals surface area contributed by atoms with Crippen LogP contribution in [0, 0.1) is 5.92 Å². The molecule has 46 heavy (non-hydrogen) atoms. The van der Waals surface area contributed by atoms with Gasteiger partial charge in [-0.15, -0.1) is 0 Å². The number of hydrogen-bond donors (Lipinski definition) is 2. The predicted molar refractivity (Wildman–Crippen MR) is 175 cm³/mol. The van der Waals surface area contributed by atoms with Gasteiger partial charge < -0.3 is 24.4 Å². The van der Waals surface area contributed by atoms with Crippen LogP contribution in [0.5, 0.6) is 5.75 Å². The molecule has 0 spiro atoms. The number of benzene rings is 2. The Labute approximate surface area is 271 Å². The third kappa shape index (κ3) is 9.05. The number of carbonyl (C=O) groups is 2. The van der Waals surface area contributed by atoms with Crippen molar-refractivity contribution in [2.45, 2.75) is 63.2 Å². The van der Waals surface area contributed by atoms with Crippen LogP contribution in [-0.4, -0.2) is 91.7 Å². The Morgan fingerprint density at radius 2 is 1.83 bits per heavy atom. The monoisotopic (exact) mass is 652 g/mol. The van der Waals surface area contributed by atoms with Gasteiger partial charge in [0.2, 0.25) is 0 Å². The Balaban J connectivity index is 1.66. The minimum Gasteiger partial charge on any atom is -0.490 e. The summed E-state index contributed by atoms with van der Waals surface area (Å²) in [6, 6.07) is 15.4. The number of fused-ring (bicyclic) bond motifs is 1. The smallest absolute Gasteiger partial charge is 0.261 e. The number of aliphatic hydroxyl groups is 1. The van der Waals surface area contributed by atoms with Crippen LogP contribution in [0.2, 0.25) is 0 Å². The predicted octanol–water partition coefficient (Wildman–Crippen LogP) is 4.45. The second-order valence-electron chi connectivity index (χ2n) is 11.9. The van der Waals surface area contributed by atoms with E-state index in [1.165, 1.54) is 18.2 Å². The summed E-state index contributed by atoms with van der Waals surface area (Å²) in [7, 11) is -2.20. The van der Waals surface area contributed by atoms with Gasteiger partial charge in [0.25, 0.3) is 21.8 Å². The molecule has 0 fully saturated rings. The van der Waals surface area contributed by atoms with Crippen LogP contribution in [0.15, 0.2) is 78.0 Å². The van der Waals surface area contributed by atoms with E-state index in [9.17, 15) is 23.1 Å². The van der Waals surface area contributed by atoms with E-state index in [2.05, 4.69) is 9.71 Å². The average molecular weight is 653 g/mol. The third-order valence-corrected chi connectivity index (χ3v) is 9.48. The number of nitrogens with zero attached hydrogens (tertiary/aromatic N) is 3. The van der Waals surface area contributed by atoms with Crippen molar-refractivity contribution in [2.75, 3.05) is 38.1 Å². The van der Waals surface area contributed by atoms with E-state index in [-0.39, 0.29) is 47.2 Å². The number of aliphatic hydroxyl groups excluding tert-OH is 1. The summed E-state index contributed by atoms with van der Waals surface area (Å²) in [5.74, 6) is -0.500. The van der Waals surface area contributed by atoms with Crippen LogP contribution in [0.4, 0.5) is 5.69 Å². The summed E-state index contributed by atoms with van der Waals surface area (Å²) in [4.78, 5) is 34.7. The van der Waals surface area contributed by atoms with Crippen molar-refractivity contribution in [3.63, 3.8) is 0 Å². The van der Waals surface area contributed by atoms with Gasteiger partial charge in [0.05, 0.1) is 35.3 Å². The Kier molecular flexibility index (Phi) is 12.1. The van der Waals surface area contributed by atoms with E-state index in [1.807, 2.05) is 13.8 Å². The normalized spacial score (nSPS) is 20.5. The first-order chi connectivity index (χ1) is 22.0. The molecular formula is C34H44N4O7S. The molecule has 11 nitrogen and oxygen atoms in total. The molecule has 2 heterocycles. The van der Waals surface area contributed by atoms with Gasteiger partial charge in [-0.3, -0.25) is 19.3 Å². The van der Waals surface area contributed by atoms with Crippen molar-refractivity contribution in [3.8, 4) is 5.75 Å². The van der Waals surface area contributed by atoms with Gasteiger partial charge in [0.15, 0.2) is 0 Å². The largest absolute Gasteiger partial charge is 0.490 e. The second kappa shape index (κ2) is 16.0. The zero-order valence-electron chi connectivity index (χ0n) is 26.8. The van der Waals surface area contributed by atoms with E-state index in [4.69, 9.17) is 9.47 Å². The maximum Gasteiger partial charge on any atom is 0.261 e. The highest BCUT2D eigenvalue weighted by Crippen LogP contribution is 2.29. The molecule has 2 aromatic carbocycles. The topological polar surface area (TPSA) is 138 Å². The van der Waals surface area contributed by atoms with E-state index in [1.54, 1.807) is 78.6 Å². The Morgan fingerprint density at radius 1 is 1.11 bits per heavy atom. The Bertz CT molecular complexity index is 1560. The maximum atomic E-state index is 14.3. The summed E-state index contributed by atoms with van der Waals surface area (Å²) >= 11 is 0. The fraction of sp³-hybridized carbons (Fsp3) is 0.441. The first-order valence-corrected chi connectivity index (χ1v) is 17.1. The minimum absolute atomic E-state index is 0.0917. The number of pyridine rings is 1. The quantitative estimate of drug-likeness (QED) is 0.364. The lowest BCUT2D eigenvalue weighted by molar-refractivity contribution is -0.0149. The number of amides is 2. The van der Waals surface area contributed by atoms with Crippen LogP contribution in [0.1, 0.15) is 60.7 Å². The minimum atomic E-state index is -3.91. The Morgan fingerprint density at radius 3 is 2.52 bits per heavy atom. The lowest BCUT2D eigenvalue weighted by Gasteiger charge is -2.36. The van der Waals surface area contributed by atoms with E-state index in [0.717, 1.165) is 12.8 Å². The molecule has 0 saturated carbocycles. The highest BCUT2D eigenvalue weighted by molar-refractivity contribution is 7.92. The molecule has 248 valence electrons. The molecule has 3 aromatic rings. The van der Waals surface area contributed by atoms with Crippen molar-refractivity contribution in [3.05, 3.63) is 84.2 Å². The fourth-order valence-corrected chi connectivity index (χ4v) is 6.40. The maximum absolute atomic E-state index is 14.3. The van der Waals surface area contributed by atoms with Crippen LogP contribution in [-0.2, 0) is 14.8 Å². The molecule has 0 bridgehead atoms. The number of carbonyl (C=O) groups excluding carboxylic acids is 2. The highest BCUT2D eigenvalue weighted by Gasteiger charge is 2.31. The molecule has 1 aliphatic heterocycles. The summed E-state index contributed by atoms with van der Waals surface area (Å²) in [5.41, 5.74) is 0.892. The number of rotatable bonds is 8. The average Bonchev–Trinajstić information content (AvgIpc) is 3.06. The molecule has 0 radical (unpaired) electrons. The number of hydrogen-bond acceptors (Lipinski definition) is 8. The van der Waals surface area contributed by atoms with Crippen LogP contribution in [0.25, 0.3) is 0 Å². The number of ether oxygens (including phenoxy) is 2.